The molecule has 1 amide bonds. The normalized spacial score (nSPS) is 14.6. The van der Waals surface area contributed by atoms with Crippen LogP contribution in [0.2, 0.25) is 0 Å². The zero-order chi connectivity index (χ0) is 20.0. The number of thiophene rings is 1. The van der Waals surface area contributed by atoms with Crippen LogP contribution in [0, 0.1) is 13.8 Å². The van der Waals surface area contributed by atoms with Crippen LogP contribution in [0.25, 0.3) is 5.69 Å². The lowest BCUT2D eigenvalue weighted by Crippen LogP contribution is -2.16. The first-order valence-electron chi connectivity index (χ1n) is 9.64. The maximum Gasteiger partial charge on any atom is 0.281 e. The number of fused-ring (bicyclic) bond motifs is 2. The summed E-state index contributed by atoms with van der Waals surface area (Å²) in [5.74, 6) is 1.37. The quantitative estimate of drug-likeness (QED) is 0.522. The van der Waals surface area contributed by atoms with Crippen LogP contribution >= 0.6 is 11.3 Å². The van der Waals surface area contributed by atoms with Gasteiger partial charge >= 0.3 is 0 Å². The van der Waals surface area contributed by atoms with Gasteiger partial charge in [-0.2, -0.15) is 5.10 Å². The number of carbonyl (C=O) groups is 1. The van der Waals surface area contributed by atoms with Crippen LogP contribution in [0.5, 0.6) is 11.5 Å². The molecule has 2 aromatic heterocycles. The molecule has 1 aromatic carbocycles. The zero-order valence-corrected chi connectivity index (χ0v) is 17.1. The van der Waals surface area contributed by atoms with E-state index in [4.69, 9.17) is 9.47 Å². The van der Waals surface area contributed by atoms with Gasteiger partial charge in [0.05, 0.1) is 11.1 Å². The molecule has 3 heterocycles. The molecule has 148 valence electrons. The van der Waals surface area contributed by atoms with Crippen molar-refractivity contribution in [2.45, 2.75) is 33.1 Å². The minimum absolute atomic E-state index is 0.148. The second kappa shape index (κ2) is 7.08. The van der Waals surface area contributed by atoms with Crippen LogP contribution in [0.15, 0.2) is 35.4 Å². The number of hydrazone groups is 1. The Bertz CT molecular complexity index is 1120. The van der Waals surface area contributed by atoms with Crippen LogP contribution < -0.4 is 14.9 Å². The van der Waals surface area contributed by atoms with Gasteiger partial charge in [0.15, 0.2) is 11.5 Å². The number of aryl methyl sites for hydroxylation is 3. The van der Waals surface area contributed by atoms with Gasteiger partial charge < -0.3 is 14.0 Å². The lowest BCUT2D eigenvalue weighted by Gasteiger charge is -2.10. The molecule has 2 aliphatic rings. The molecule has 0 spiro atoms. The van der Waals surface area contributed by atoms with Gasteiger partial charge in [0.25, 0.3) is 5.91 Å². The van der Waals surface area contributed by atoms with Crippen LogP contribution in [0.1, 0.15) is 43.5 Å². The molecule has 1 N–H and O–H groups in total. The molecule has 0 unspecified atom stereocenters. The van der Waals surface area contributed by atoms with Crippen LogP contribution in [0.3, 0.4) is 0 Å². The maximum absolute atomic E-state index is 12.4. The summed E-state index contributed by atoms with van der Waals surface area (Å²) < 4.78 is 13.0. The summed E-state index contributed by atoms with van der Waals surface area (Å²) >= 11 is 1.58. The number of benzene rings is 1. The van der Waals surface area contributed by atoms with E-state index in [1.165, 1.54) is 16.9 Å². The van der Waals surface area contributed by atoms with Gasteiger partial charge in [-0.3, -0.25) is 4.79 Å². The molecule has 7 heteroatoms. The fourth-order valence-corrected chi connectivity index (χ4v) is 5.14. The van der Waals surface area contributed by atoms with E-state index in [-0.39, 0.29) is 12.7 Å². The van der Waals surface area contributed by atoms with E-state index in [0.29, 0.717) is 0 Å². The molecule has 0 atom stereocenters. The predicted octanol–water partition coefficient (Wildman–Crippen LogP) is 4.14. The summed E-state index contributed by atoms with van der Waals surface area (Å²) in [6.07, 6.45) is 5.06. The molecular weight excluding hydrogens is 386 g/mol. The fraction of sp³-hybridized carbons (Fsp3) is 0.273. The average molecular weight is 407 g/mol. The Balaban J connectivity index is 1.34. The van der Waals surface area contributed by atoms with Crippen LogP contribution in [-0.4, -0.2) is 23.5 Å². The summed E-state index contributed by atoms with van der Waals surface area (Å²) in [6.45, 7) is 4.33. The molecule has 0 radical (unpaired) electrons. The summed E-state index contributed by atoms with van der Waals surface area (Å²) in [6, 6.07) is 9.95. The van der Waals surface area contributed by atoms with Crippen molar-refractivity contribution in [1.82, 2.24) is 9.99 Å². The first kappa shape index (κ1) is 18.0. The predicted molar refractivity (Wildman–Crippen MR) is 113 cm³/mol. The number of hydrogen-bond donors (Lipinski definition) is 1. The van der Waals surface area contributed by atoms with Gasteiger partial charge in [0.1, 0.15) is 0 Å². The first-order valence-corrected chi connectivity index (χ1v) is 10.5. The number of nitrogens with zero attached hydrogens (tertiary/aromatic N) is 2. The molecule has 0 saturated heterocycles. The Kier molecular flexibility index (Phi) is 4.39. The fourth-order valence-electron chi connectivity index (χ4n) is 4.00. The highest BCUT2D eigenvalue weighted by Crippen LogP contribution is 2.35. The summed E-state index contributed by atoms with van der Waals surface area (Å²) in [7, 11) is 0. The molecule has 5 rings (SSSR count). The topological polar surface area (TPSA) is 64.9 Å². The Labute approximate surface area is 172 Å². The summed E-state index contributed by atoms with van der Waals surface area (Å²) in [4.78, 5) is 14.5. The van der Waals surface area contributed by atoms with Crippen LogP contribution in [0.4, 0.5) is 0 Å². The molecule has 0 fully saturated rings. The maximum atomic E-state index is 12.4. The third-order valence-electron chi connectivity index (χ3n) is 5.42. The number of hydrogen-bond acceptors (Lipinski definition) is 5. The Hall–Kier alpha value is -3.06. The van der Waals surface area contributed by atoms with Gasteiger partial charge in [0.2, 0.25) is 6.79 Å². The van der Waals surface area contributed by atoms with E-state index in [0.717, 1.165) is 51.9 Å². The standard InChI is InChI=1S/C22H21N3O3S/c1-13-8-16(11-23-24-22(26)21-9-15-4-3-5-20(15)29-21)14(2)25(13)17-6-7-18-19(10-17)28-12-27-18/h6-11H,3-5,12H2,1-2H3,(H,24,26)/b23-11-. The van der Waals surface area contributed by atoms with Crippen molar-refractivity contribution in [2.75, 3.05) is 6.79 Å². The van der Waals surface area contributed by atoms with E-state index in [1.54, 1.807) is 17.6 Å². The Morgan fingerprint density at radius 1 is 1.17 bits per heavy atom. The van der Waals surface area contributed by atoms with Crippen molar-refractivity contribution in [3.05, 3.63) is 62.6 Å². The number of aromatic nitrogens is 1. The number of rotatable bonds is 4. The highest BCUT2D eigenvalue weighted by molar-refractivity contribution is 7.14. The van der Waals surface area contributed by atoms with E-state index >= 15 is 0 Å². The van der Waals surface area contributed by atoms with Gasteiger partial charge in [-0.15, -0.1) is 11.3 Å². The second-order valence-corrected chi connectivity index (χ2v) is 8.45. The molecule has 3 aromatic rings. The van der Waals surface area contributed by atoms with Gasteiger partial charge in [-0.05, 0) is 62.9 Å². The number of ether oxygens (including phenoxy) is 2. The highest BCUT2D eigenvalue weighted by Gasteiger charge is 2.19. The molecule has 29 heavy (non-hydrogen) atoms. The largest absolute Gasteiger partial charge is 0.454 e. The lowest BCUT2D eigenvalue weighted by molar-refractivity contribution is 0.0959. The highest BCUT2D eigenvalue weighted by atomic mass is 32.1. The van der Waals surface area contributed by atoms with Crippen molar-refractivity contribution >= 4 is 23.5 Å². The van der Waals surface area contributed by atoms with Gasteiger partial charge in [-0.1, -0.05) is 0 Å². The SMILES string of the molecule is Cc1cc(/C=N\NC(=O)c2cc3c(s2)CCC3)c(C)n1-c1ccc2c(c1)OCO2. The minimum atomic E-state index is -0.148. The molecule has 1 aliphatic carbocycles. The summed E-state index contributed by atoms with van der Waals surface area (Å²) in [5, 5.41) is 4.19. The smallest absolute Gasteiger partial charge is 0.281 e. The van der Waals surface area contributed by atoms with E-state index in [2.05, 4.69) is 21.2 Å². The molecule has 0 bridgehead atoms. The second-order valence-electron chi connectivity index (χ2n) is 7.31. The van der Waals surface area contributed by atoms with E-state index in [1.807, 2.05) is 38.1 Å². The molecule has 1 aliphatic heterocycles. The third kappa shape index (κ3) is 3.21. The number of nitrogens with one attached hydrogen (secondary N) is 1. The zero-order valence-electron chi connectivity index (χ0n) is 16.3. The van der Waals surface area contributed by atoms with Crippen molar-refractivity contribution in [1.29, 1.82) is 0 Å². The van der Waals surface area contributed by atoms with Gasteiger partial charge in [0, 0.05) is 33.6 Å². The van der Waals surface area contributed by atoms with Gasteiger partial charge in [-0.25, -0.2) is 5.43 Å². The molecule has 0 saturated carbocycles. The molecule has 6 nitrogen and oxygen atoms in total. The number of carbonyl (C=O) groups excluding carboxylic acids is 1. The third-order valence-corrected chi connectivity index (χ3v) is 6.66. The van der Waals surface area contributed by atoms with Crippen LogP contribution in [-0.2, 0) is 12.8 Å². The lowest BCUT2D eigenvalue weighted by atomic mass is 10.2. The van der Waals surface area contributed by atoms with Crippen molar-refractivity contribution in [2.24, 2.45) is 5.10 Å². The summed E-state index contributed by atoms with van der Waals surface area (Å²) in [5.41, 5.74) is 8.04. The monoisotopic (exact) mass is 407 g/mol. The van der Waals surface area contributed by atoms with Crippen molar-refractivity contribution < 1.29 is 14.3 Å². The average Bonchev–Trinajstić information content (AvgIpc) is 3.45. The van der Waals surface area contributed by atoms with E-state index < -0.39 is 0 Å². The Morgan fingerprint density at radius 3 is 2.90 bits per heavy atom. The minimum Gasteiger partial charge on any atom is -0.454 e. The Morgan fingerprint density at radius 2 is 2.03 bits per heavy atom. The number of amides is 1. The van der Waals surface area contributed by atoms with Crippen molar-refractivity contribution in [3.8, 4) is 17.2 Å². The van der Waals surface area contributed by atoms with Crippen molar-refractivity contribution in [3.63, 3.8) is 0 Å². The van der Waals surface area contributed by atoms with E-state index in [9.17, 15) is 4.79 Å². The molecular formula is C22H21N3O3S. The first-order chi connectivity index (χ1) is 14.1.